The number of thiocarbonyl (C=S) groups is 1. The van der Waals surface area contributed by atoms with Gasteiger partial charge in [-0.05, 0) is 30.4 Å². The van der Waals surface area contributed by atoms with Crippen LogP contribution in [-0.4, -0.2) is 21.9 Å². The molecule has 3 N–H and O–H groups in total. The van der Waals surface area contributed by atoms with Crippen LogP contribution in [0, 0.1) is 0 Å². The Morgan fingerprint density at radius 2 is 1.76 bits per heavy atom. The maximum absolute atomic E-state index is 12.3. The van der Waals surface area contributed by atoms with Crippen molar-refractivity contribution in [3.05, 3.63) is 64.3 Å². The molecule has 0 saturated heterocycles. The summed E-state index contributed by atoms with van der Waals surface area (Å²) in [6.07, 6.45) is 3.00. The quantitative estimate of drug-likeness (QED) is 0.463. The molecule has 126 valence electrons. The normalized spacial score (nSPS) is 10.3. The van der Waals surface area contributed by atoms with Gasteiger partial charge in [0.15, 0.2) is 5.11 Å². The van der Waals surface area contributed by atoms with Crippen LogP contribution in [0.15, 0.2) is 48.8 Å². The van der Waals surface area contributed by atoms with Crippen molar-refractivity contribution in [2.75, 3.05) is 0 Å². The smallest absolute Gasteiger partial charge is 0.269 e. The number of amides is 2. The number of hydrogen-bond acceptors (Lipinski definition) is 5. The van der Waals surface area contributed by atoms with E-state index in [-0.39, 0.29) is 5.11 Å². The number of aromatic nitrogens is 1. The summed E-state index contributed by atoms with van der Waals surface area (Å²) >= 11 is 12.5. The van der Waals surface area contributed by atoms with Crippen LogP contribution in [0.4, 0.5) is 0 Å². The molecule has 3 rings (SSSR count). The molecule has 0 aliphatic rings. The van der Waals surface area contributed by atoms with Crippen LogP contribution < -0.4 is 16.2 Å². The Morgan fingerprint density at radius 3 is 2.48 bits per heavy atom. The molecule has 0 spiro atoms. The minimum Gasteiger partial charge on any atom is -0.297 e. The van der Waals surface area contributed by atoms with Gasteiger partial charge in [0.25, 0.3) is 11.8 Å². The van der Waals surface area contributed by atoms with Gasteiger partial charge in [-0.1, -0.05) is 29.8 Å². The number of hydrazine groups is 1. The minimum atomic E-state index is -0.443. The number of nitrogens with one attached hydrogen (secondary N) is 3. The molecule has 6 nitrogen and oxygen atoms in total. The van der Waals surface area contributed by atoms with Gasteiger partial charge in [-0.3, -0.25) is 30.7 Å². The molecule has 1 aromatic carbocycles. The van der Waals surface area contributed by atoms with Gasteiger partial charge >= 0.3 is 0 Å². The lowest BCUT2D eigenvalue weighted by Gasteiger charge is -2.10. The third kappa shape index (κ3) is 3.93. The van der Waals surface area contributed by atoms with Crippen molar-refractivity contribution in [2.45, 2.75) is 0 Å². The van der Waals surface area contributed by atoms with E-state index >= 15 is 0 Å². The number of rotatable bonds is 2. The fourth-order valence-electron chi connectivity index (χ4n) is 2.04. The van der Waals surface area contributed by atoms with Crippen LogP contribution >= 0.6 is 35.2 Å². The Labute approximate surface area is 157 Å². The zero-order chi connectivity index (χ0) is 17.8. The van der Waals surface area contributed by atoms with E-state index in [1.54, 1.807) is 12.1 Å². The highest BCUT2D eigenvalue weighted by Crippen LogP contribution is 2.34. The molecule has 0 atom stereocenters. The second-order valence-electron chi connectivity index (χ2n) is 4.84. The van der Waals surface area contributed by atoms with Gasteiger partial charge in [0.1, 0.15) is 4.88 Å². The number of benzene rings is 1. The number of fused-ring (bicyclic) bond motifs is 1. The monoisotopic (exact) mass is 390 g/mol. The van der Waals surface area contributed by atoms with Crippen LogP contribution in [0.1, 0.15) is 20.0 Å². The van der Waals surface area contributed by atoms with Crippen molar-refractivity contribution < 1.29 is 9.59 Å². The SMILES string of the molecule is O=C(NNC(=S)NC(=O)c1sc2ccccc2c1Cl)c1ccncc1. The number of thiophene rings is 1. The van der Waals surface area contributed by atoms with Crippen molar-refractivity contribution >= 4 is 62.2 Å². The molecule has 3 aromatic rings. The summed E-state index contributed by atoms with van der Waals surface area (Å²) in [6, 6.07) is 10.6. The first-order valence-corrected chi connectivity index (χ1v) is 8.65. The van der Waals surface area contributed by atoms with E-state index in [1.807, 2.05) is 24.3 Å². The first-order chi connectivity index (χ1) is 12.1. The molecule has 0 bridgehead atoms. The second-order valence-corrected chi connectivity index (χ2v) is 6.68. The van der Waals surface area contributed by atoms with Crippen molar-refractivity contribution in [3.8, 4) is 0 Å². The lowest BCUT2D eigenvalue weighted by atomic mass is 10.2. The van der Waals surface area contributed by atoms with Gasteiger partial charge in [-0.25, -0.2) is 0 Å². The highest BCUT2D eigenvalue weighted by atomic mass is 35.5. The van der Waals surface area contributed by atoms with E-state index < -0.39 is 11.8 Å². The van der Waals surface area contributed by atoms with Gasteiger partial charge in [-0.2, -0.15) is 0 Å². The number of hydrogen-bond donors (Lipinski definition) is 3. The number of carbonyl (C=O) groups is 2. The van der Waals surface area contributed by atoms with Crippen molar-refractivity contribution in [2.24, 2.45) is 0 Å². The average Bonchev–Trinajstić information content (AvgIpc) is 2.98. The zero-order valence-corrected chi connectivity index (χ0v) is 15.0. The van der Waals surface area contributed by atoms with Gasteiger partial charge < -0.3 is 0 Å². The summed E-state index contributed by atoms with van der Waals surface area (Å²) in [6.45, 7) is 0. The molecule has 0 aliphatic heterocycles. The summed E-state index contributed by atoms with van der Waals surface area (Å²) in [4.78, 5) is 28.4. The number of pyridine rings is 1. The zero-order valence-electron chi connectivity index (χ0n) is 12.6. The topological polar surface area (TPSA) is 83.1 Å². The molecule has 0 unspecified atom stereocenters. The van der Waals surface area contributed by atoms with Crippen LogP contribution in [0.3, 0.4) is 0 Å². The maximum Gasteiger partial charge on any atom is 0.269 e. The lowest BCUT2D eigenvalue weighted by Crippen LogP contribution is -2.48. The number of nitrogens with zero attached hydrogens (tertiary/aromatic N) is 1. The molecular formula is C16H11ClN4O2S2. The van der Waals surface area contributed by atoms with Crippen molar-refractivity contribution in [1.29, 1.82) is 0 Å². The highest BCUT2D eigenvalue weighted by molar-refractivity contribution is 7.80. The Kier molecular flexibility index (Phi) is 5.22. The fourth-order valence-corrected chi connectivity index (χ4v) is 3.60. The van der Waals surface area contributed by atoms with Crippen LogP contribution in [-0.2, 0) is 0 Å². The molecule has 9 heteroatoms. The molecule has 2 amide bonds. The van der Waals surface area contributed by atoms with Gasteiger partial charge in [0.2, 0.25) is 0 Å². The number of carbonyl (C=O) groups excluding carboxylic acids is 2. The average molecular weight is 391 g/mol. The van der Waals surface area contributed by atoms with Crippen LogP contribution in [0.5, 0.6) is 0 Å². The van der Waals surface area contributed by atoms with Crippen LogP contribution in [0.25, 0.3) is 10.1 Å². The molecule has 0 fully saturated rings. The van der Waals surface area contributed by atoms with E-state index in [0.717, 1.165) is 10.1 Å². The predicted octanol–water partition coefficient (Wildman–Crippen LogP) is 2.90. The van der Waals surface area contributed by atoms with E-state index in [4.69, 9.17) is 23.8 Å². The first-order valence-electron chi connectivity index (χ1n) is 7.05. The molecule has 2 heterocycles. The first kappa shape index (κ1) is 17.3. The highest BCUT2D eigenvalue weighted by Gasteiger charge is 2.18. The largest absolute Gasteiger partial charge is 0.297 e. The predicted molar refractivity (Wildman–Crippen MR) is 102 cm³/mol. The number of halogens is 1. The van der Waals surface area contributed by atoms with E-state index in [1.165, 1.54) is 23.7 Å². The summed E-state index contributed by atoms with van der Waals surface area (Å²) < 4.78 is 0.905. The second kappa shape index (κ2) is 7.56. The Balaban J connectivity index is 1.61. The van der Waals surface area contributed by atoms with E-state index in [0.29, 0.717) is 15.5 Å². The van der Waals surface area contributed by atoms with Crippen LogP contribution in [0.2, 0.25) is 5.02 Å². The molecule has 0 saturated carbocycles. The van der Waals surface area contributed by atoms with Gasteiger partial charge in [-0.15, -0.1) is 11.3 Å². The Bertz CT molecular complexity index is 959. The third-order valence-electron chi connectivity index (χ3n) is 3.20. The Hall–Kier alpha value is -2.55. The van der Waals surface area contributed by atoms with Crippen molar-refractivity contribution in [3.63, 3.8) is 0 Å². The molecule has 0 radical (unpaired) electrons. The lowest BCUT2D eigenvalue weighted by molar-refractivity contribution is 0.0935. The fraction of sp³-hybridized carbons (Fsp3) is 0. The molecular weight excluding hydrogens is 380 g/mol. The molecule has 0 aliphatic carbocycles. The summed E-state index contributed by atoms with van der Waals surface area (Å²) in [7, 11) is 0. The maximum atomic E-state index is 12.3. The standard InChI is InChI=1S/C16H11ClN4O2S2/c17-12-10-3-1-2-4-11(10)25-13(12)15(23)19-16(24)21-20-14(22)9-5-7-18-8-6-9/h1-8H,(H,20,22)(H2,19,21,23,24). The Morgan fingerprint density at radius 1 is 1.04 bits per heavy atom. The van der Waals surface area contributed by atoms with Gasteiger partial charge in [0, 0.05) is 28.0 Å². The summed E-state index contributed by atoms with van der Waals surface area (Å²) in [5.74, 6) is -0.847. The minimum absolute atomic E-state index is 0.0408. The third-order valence-corrected chi connectivity index (χ3v) is 5.08. The molecule has 2 aromatic heterocycles. The summed E-state index contributed by atoms with van der Waals surface area (Å²) in [5.41, 5.74) is 5.28. The van der Waals surface area contributed by atoms with Crippen molar-refractivity contribution in [1.82, 2.24) is 21.2 Å². The summed E-state index contributed by atoms with van der Waals surface area (Å²) in [5, 5.41) is 3.63. The van der Waals surface area contributed by atoms with E-state index in [9.17, 15) is 9.59 Å². The molecule has 25 heavy (non-hydrogen) atoms. The van der Waals surface area contributed by atoms with Gasteiger partial charge in [0.05, 0.1) is 5.02 Å². The van der Waals surface area contributed by atoms with E-state index in [2.05, 4.69) is 21.2 Å².